The zero-order chi connectivity index (χ0) is 17.0. The van der Waals surface area contributed by atoms with Crippen LogP contribution < -0.4 is 0 Å². The van der Waals surface area contributed by atoms with Crippen LogP contribution in [0.1, 0.15) is 39.0 Å². The van der Waals surface area contributed by atoms with Gasteiger partial charge in [-0.25, -0.2) is 9.68 Å². The minimum Gasteiger partial charge on any atom is -0.342 e. The lowest BCUT2D eigenvalue weighted by Crippen LogP contribution is -2.41. The third kappa shape index (κ3) is 5.06. The van der Waals surface area contributed by atoms with E-state index in [1.807, 2.05) is 4.90 Å². The van der Waals surface area contributed by atoms with Gasteiger partial charge in [0, 0.05) is 19.0 Å². The summed E-state index contributed by atoms with van der Waals surface area (Å²) in [7, 11) is 0. The first-order valence-corrected chi connectivity index (χ1v) is 7.88. The molecule has 23 heavy (non-hydrogen) atoms. The number of nitrogens with zero attached hydrogens (tertiary/aromatic N) is 3. The highest BCUT2D eigenvalue weighted by molar-refractivity contribution is 5.79. The smallest absolute Gasteiger partial charge is 0.225 e. The van der Waals surface area contributed by atoms with E-state index in [0.29, 0.717) is 19.0 Å². The summed E-state index contributed by atoms with van der Waals surface area (Å²) in [5, 5.41) is 34.2. The molecule has 10 nitrogen and oxygen atoms in total. The molecule has 0 aromatic carbocycles. The standard InChI is InChI=1S/C13H25N3O7/c1-2-9-3-5-14(6-4-9)13(17)10-7-11(22-15(18)19)12(8-10)23-16(20)21/h9-12,18-21H,2-8H2,1H3/t10-,11+,12-. The second-order valence-corrected chi connectivity index (χ2v) is 6.14. The monoisotopic (exact) mass is 335 g/mol. The van der Waals surface area contributed by atoms with Crippen molar-refractivity contribution >= 4 is 5.91 Å². The zero-order valence-electron chi connectivity index (χ0n) is 13.1. The number of hydrogen-bond acceptors (Lipinski definition) is 9. The van der Waals surface area contributed by atoms with Crippen molar-refractivity contribution in [3.8, 4) is 0 Å². The van der Waals surface area contributed by atoms with Crippen molar-refractivity contribution in [2.45, 2.75) is 51.2 Å². The average Bonchev–Trinajstić information content (AvgIpc) is 2.88. The molecule has 0 spiro atoms. The molecule has 3 atom stereocenters. The largest absolute Gasteiger partial charge is 0.342 e. The molecule has 1 heterocycles. The van der Waals surface area contributed by atoms with E-state index in [2.05, 4.69) is 6.92 Å². The van der Waals surface area contributed by atoms with Crippen LogP contribution in [0.4, 0.5) is 0 Å². The normalized spacial score (nSPS) is 29.7. The van der Waals surface area contributed by atoms with Crippen LogP contribution in [0.3, 0.4) is 0 Å². The predicted molar refractivity (Wildman–Crippen MR) is 72.9 cm³/mol. The van der Waals surface area contributed by atoms with Crippen molar-refractivity contribution in [3.05, 3.63) is 0 Å². The van der Waals surface area contributed by atoms with E-state index >= 15 is 0 Å². The zero-order valence-corrected chi connectivity index (χ0v) is 13.1. The third-order valence-corrected chi connectivity index (χ3v) is 4.76. The molecular weight excluding hydrogens is 310 g/mol. The predicted octanol–water partition coefficient (Wildman–Crippen LogP) is 0.806. The van der Waals surface area contributed by atoms with Gasteiger partial charge in [0.05, 0.1) is 10.8 Å². The summed E-state index contributed by atoms with van der Waals surface area (Å²) >= 11 is 0. The van der Waals surface area contributed by atoms with Crippen LogP contribution in [-0.2, 0) is 14.5 Å². The van der Waals surface area contributed by atoms with E-state index < -0.39 is 28.9 Å². The quantitative estimate of drug-likeness (QED) is 0.521. The Morgan fingerprint density at radius 3 is 1.91 bits per heavy atom. The van der Waals surface area contributed by atoms with Crippen molar-refractivity contribution < 1.29 is 35.3 Å². The maximum absolute atomic E-state index is 12.6. The first-order valence-electron chi connectivity index (χ1n) is 7.88. The molecule has 2 aliphatic rings. The average molecular weight is 335 g/mol. The lowest BCUT2D eigenvalue weighted by Gasteiger charge is -2.33. The SMILES string of the molecule is CCC1CCN(C(=O)[C@@H]2C[C@H](ON(O)O)[C@H](ON(O)O)C2)CC1. The Balaban J connectivity index is 1.93. The summed E-state index contributed by atoms with van der Waals surface area (Å²) in [5.41, 5.74) is 0. The highest BCUT2D eigenvalue weighted by Gasteiger charge is 2.43. The van der Waals surface area contributed by atoms with Crippen LogP contribution in [0, 0.1) is 11.8 Å². The minimum absolute atomic E-state index is 0.0379. The topological polar surface area (TPSA) is 126 Å². The summed E-state index contributed by atoms with van der Waals surface area (Å²) in [6.45, 7) is 3.57. The maximum Gasteiger partial charge on any atom is 0.225 e. The van der Waals surface area contributed by atoms with Crippen LogP contribution >= 0.6 is 0 Å². The van der Waals surface area contributed by atoms with Crippen molar-refractivity contribution in [2.24, 2.45) is 11.8 Å². The first kappa shape index (κ1) is 18.5. The Kier molecular flexibility index (Phi) is 6.68. The summed E-state index contributed by atoms with van der Waals surface area (Å²) in [6, 6.07) is 0. The van der Waals surface area contributed by atoms with Crippen molar-refractivity contribution in [3.63, 3.8) is 0 Å². The number of rotatable bonds is 6. The summed E-state index contributed by atoms with van der Waals surface area (Å²) in [6.07, 6.45) is 1.71. The molecule has 0 unspecified atom stereocenters. The molecule has 4 N–H and O–H groups in total. The molecule has 1 aliphatic heterocycles. The van der Waals surface area contributed by atoms with Crippen LogP contribution in [0.25, 0.3) is 0 Å². The van der Waals surface area contributed by atoms with Gasteiger partial charge in [-0.2, -0.15) is 0 Å². The Bertz CT molecular complexity index is 370. The summed E-state index contributed by atoms with van der Waals surface area (Å²) < 4.78 is 0. The Hall–Kier alpha value is -0.850. The number of carbonyl (C=O) groups excluding carboxylic acids is 1. The minimum atomic E-state index is -0.881. The van der Waals surface area contributed by atoms with Gasteiger partial charge >= 0.3 is 0 Å². The van der Waals surface area contributed by atoms with Gasteiger partial charge in [-0.1, -0.05) is 13.3 Å². The summed E-state index contributed by atoms with van der Waals surface area (Å²) in [5.74, 6) is 0.191. The molecule has 0 aromatic heterocycles. The molecule has 10 heteroatoms. The first-order chi connectivity index (χ1) is 10.9. The second-order valence-electron chi connectivity index (χ2n) is 6.14. The molecule has 134 valence electrons. The van der Waals surface area contributed by atoms with Gasteiger partial charge in [-0.15, -0.1) is 0 Å². The van der Waals surface area contributed by atoms with Crippen LogP contribution in [0.2, 0.25) is 0 Å². The van der Waals surface area contributed by atoms with Gasteiger partial charge in [-0.05, 0) is 31.6 Å². The fourth-order valence-electron chi connectivity index (χ4n) is 3.45. The molecule has 0 radical (unpaired) electrons. The van der Waals surface area contributed by atoms with E-state index in [4.69, 9.17) is 30.5 Å². The lowest BCUT2D eigenvalue weighted by molar-refractivity contribution is -0.535. The van der Waals surface area contributed by atoms with Crippen molar-refractivity contribution in [1.82, 2.24) is 15.7 Å². The van der Waals surface area contributed by atoms with Gasteiger partial charge in [0.1, 0.15) is 12.2 Å². The number of amides is 1. The van der Waals surface area contributed by atoms with Crippen molar-refractivity contribution in [1.29, 1.82) is 0 Å². The van der Waals surface area contributed by atoms with Crippen molar-refractivity contribution in [2.75, 3.05) is 13.1 Å². The Morgan fingerprint density at radius 2 is 1.52 bits per heavy atom. The molecule has 1 amide bonds. The van der Waals surface area contributed by atoms with Gasteiger partial charge in [0.25, 0.3) is 0 Å². The van der Waals surface area contributed by atoms with E-state index in [1.165, 1.54) is 0 Å². The van der Waals surface area contributed by atoms with E-state index in [-0.39, 0.29) is 18.7 Å². The highest BCUT2D eigenvalue weighted by atomic mass is 17.1. The van der Waals surface area contributed by atoms with Gasteiger partial charge in [0.2, 0.25) is 5.91 Å². The number of likely N-dealkylation sites (tertiary alicyclic amines) is 1. The molecule has 0 bridgehead atoms. The van der Waals surface area contributed by atoms with Crippen LogP contribution in [-0.4, -0.2) is 67.7 Å². The van der Waals surface area contributed by atoms with E-state index in [1.54, 1.807) is 0 Å². The number of piperidine rings is 1. The van der Waals surface area contributed by atoms with Gasteiger partial charge < -0.3 is 4.90 Å². The van der Waals surface area contributed by atoms with Crippen LogP contribution in [0.15, 0.2) is 0 Å². The maximum atomic E-state index is 12.6. The van der Waals surface area contributed by atoms with E-state index in [9.17, 15) is 4.79 Å². The molecule has 2 fully saturated rings. The second kappa shape index (κ2) is 8.31. The summed E-state index contributed by atoms with van der Waals surface area (Å²) in [4.78, 5) is 23.9. The van der Waals surface area contributed by atoms with E-state index in [0.717, 1.165) is 19.3 Å². The van der Waals surface area contributed by atoms with Gasteiger partial charge in [0.15, 0.2) is 0 Å². The molecule has 1 saturated carbocycles. The number of hydrogen-bond donors (Lipinski definition) is 4. The molecule has 2 rings (SSSR count). The fourth-order valence-corrected chi connectivity index (χ4v) is 3.45. The van der Waals surface area contributed by atoms with Crippen LogP contribution in [0.5, 0.6) is 0 Å². The number of carbonyl (C=O) groups is 1. The highest BCUT2D eigenvalue weighted by Crippen LogP contribution is 2.33. The molecular formula is C13H25N3O7. The Labute approximate surface area is 134 Å². The van der Waals surface area contributed by atoms with Gasteiger partial charge in [-0.3, -0.25) is 25.6 Å². The molecule has 0 aromatic rings. The Morgan fingerprint density at radius 1 is 1.04 bits per heavy atom. The fraction of sp³-hybridized carbons (Fsp3) is 0.923. The third-order valence-electron chi connectivity index (χ3n) is 4.76. The molecule has 1 saturated heterocycles. The molecule has 1 aliphatic carbocycles. The lowest BCUT2D eigenvalue weighted by atomic mass is 9.93.